The highest BCUT2D eigenvalue weighted by Crippen LogP contribution is 2.38. The fourth-order valence-corrected chi connectivity index (χ4v) is 9.05. The summed E-state index contributed by atoms with van der Waals surface area (Å²) in [7, 11) is 1.15. The van der Waals surface area contributed by atoms with Crippen LogP contribution in [-0.4, -0.2) is 69.4 Å². The lowest BCUT2D eigenvalue weighted by molar-refractivity contribution is -0.870. The second-order valence-electron chi connectivity index (χ2n) is 21.5. The smallest absolute Gasteiger partial charge is 0.306 e. The van der Waals surface area contributed by atoms with E-state index < -0.39 is 26.6 Å². The van der Waals surface area contributed by atoms with Crippen LogP contribution in [0.2, 0.25) is 0 Å². The average molecular weight is 1070 g/mol. The summed E-state index contributed by atoms with van der Waals surface area (Å²) < 4.78 is 30.3. The van der Waals surface area contributed by atoms with Gasteiger partial charge in [0.05, 0.1) is 33.8 Å². The molecule has 0 aliphatic heterocycles. The Labute approximate surface area is 462 Å². The van der Waals surface area contributed by atoms with E-state index in [1.54, 1.807) is 0 Å². The molecule has 432 valence electrons. The van der Waals surface area contributed by atoms with E-state index in [0.29, 0.717) is 23.9 Å². The van der Waals surface area contributed by atoms with E-state index in [1.807, 2.05) is 39.4 Å². The van der Waals surface area contributed by atoms with Gasteiger partial charge in [-0.1, -0.05) is 240 Å². The minimum absolute atomic E-state index is 0.0331. The summed E-state index contributed by atoms with van der Waals surface area (Å²) in [5, 5.41) is 3.01. The molecule has 0 spiro atoms. The van der Waals surface area contributed by atoms with Crippen molar-refractivity contribution in [2.75, 3.05) is 40.9 Å². The number of ether oxygens (including phenoxy) is 1. The maximum Gasteiger partial charge on any atom is 0.306 e. The summed E-state index contributed by atoms with van der Waals surface area (Å²) in [4.78, 5) is 39.9. The molecule has 0 saturated carbocycles. The first-order chi connectivity index (χ1) is 36.4. The van der Waals surface area contributed by atoms with Gasteiger partial charge in [-0.05, 0) is 96.0 Å². The van der Waals surface area contributed by atoms with E-state index in [-0.39, 0.29) is 31.3 Å². The zero-order valence-electron chi connectivity index (χ0n) is 49.2. The number of likely N-dealkylation sites (N-methyl/N-ethyl adjacent to an activating group) is 1. The van der Waals surface area contributed by atoms with Crippen molar-refractivity contribution in [1.82, 2.24) is 5.32 Å². The van der Waals surface area contributed by atoms with Gasteiger partial charge in [-0.25, -0.2) is 0 Å². The minimum Gasteiger partial charge on any atom is -0.756 e. The quantitative estimate of drug-likeness (QED) is 0.0161. The molecule has 1 amide bonds. The Kier molecular flexibility index (Phi) is 52.1. The molecule has 75 heavy (non-hydrogen) atoms. The van der Waals surface area contributed by atoms with Crippen molar-refractivity contribution in [2.24, 2.45) is 0 Å². The van der Waals surface area contributed by atoms with Gasteiger partial charge in [0, 0.05) is 12.8 Å². The van der Waals surface area contributed by atoms with Gasteiger partial charge >= 0.3 is 5.97 Å². The number of esters is 1. The van der Waals surface area contributed by atoms with Gasteiger partial charge in [-0.3, -0.25) is 14.2 Å². The third-order valence-corrected chi connectivity index (χ3v) is 14.0. The number of rotatable bonds is 54. The molecule has 0 rings (SSSR count). The van der Waals surface area contributed by atoms with E-state index in [1.165, 1.54) is 103 Å². The number of unbranched alkanes of at least 4 members (excludes halogenated alkanes) is 26. The highest BCUT2D eigenvalue weighted by Gasteiger charge is 2.27. The number of carbonyl (C=O) groups is 2. The van der Waals surface area contributed by atoms with Crippen LogP contribution in [0.4, 0.5) is 0 Å². The lowest BCUT2D eigenvalue weighted by Gasteiger charge is -2.30. The fraction of sp³-hybridized carbons (Fsp3) is 0.723. The SMILES string of the molecule is CC/C=C/C=C/C=C\CCCCCCCC(=O)NC(COP(=O)([O-])OCC[N+](C)(C)C)C(/C=C\CCCCCCCCCCCCC)OC(=O)CCCCCCCCC/C=C\C/C=C\C/C=C\C/C=C\CCCCC. The van der Waals surface area contributed by atoms with Crippen LogP contribution < -0.4 is 10.2 Å². The van der Waals surface area contributed by atoms with Gasteiger partial charge in [0.15, 0.2) is 0 Å². The molecule has 3 unspecified atom stereocenters. The zero-order valence-corrected chi connectivity index (χ0v) is 50.1. The minimum atomic E-state index is -4.71. The number of amides is 1. The predicted octanol–water partition coefficient (Wildman–Crippen LogP) is 18.1. The van der Waals surface area contributed by atoms with E-state index in [9.17, 15) is 19.0 Å². The van der Waals surface area contributed by atoms with Crippen molar-refractivity contribution in [1.29, 1.82) is 0 Å². The van der Waals surface area contributed by atoms with Crippen molar-refractivity contribution in [3.8, 4) is 0 Å². The van der Waals surface area contributed by atoms with Crippen molar-refractivity contribution in [2.45, 2.75) is 264 Å². The summed E-state index contributed by atoms with van der Waals surface area (Å²) in [5.74, 6) is -0.581. The van der Waals surface area contributed by atoms with E-state index in [4.69, 9.17) is 13.8 Å². The lowest BCUT2D eigenvalue weighted by atomic mass is 10.0. The molecule has 0 aromatic carbocycles. The van der Waals surface area contributed by atoms with E-state index in [0.717, 1.165) is 103 Å². The maximum absolute atomic E-state index is 13.5. The Morgan fingerprint density at radius 1 is 0.493 bits per heavy atom. The van der Waals surface area contributed by atoms with E-state index in [2.05, 4.69) is 105 Å². The van der Waals surface area contributed by atoms with Crippen LogP contribution >= 0.6 is 7.82 Å². The molecule has 0 saturated heterocycles. The lowest BCUT2D eigenvalue weighted by Crippen LogP contribution is -2.47. The molecule has 0 aliphatic carbocycles. The number of hydrogen-bond acceptors (Lipinski definition) is 7. The topological polar surface area (TPSA) is 114 Å². The Morgan fingerprint density at radius 2 is 0.907 bits per heavy atom. The monoisotopic (exact) mass is 1070 g/mol. The number of phosphoric acid groups is 1. The predicted molar refractivity (Wildman–Crippen MR) is 321 cm³/mol. The molecule has 1 N–H and O–H groups in total. The molecule has 0 aromatic heterocycles. The summed E-state index contributed by atoms with van der Waals surface area (Å²) in [6, 6.07) is -0.909. The van der Waals surface area contributed by atoms with E-state index >= 15 is 0 Å². The molecular formula is C65H115N2O7P. The van der Waals surface area contributed by atoms with Crippen LogP contribution in [0.1, 0.15) is 252 Å². The zero-order chi connectivity index (χ0) is 55.0. The molecule has 0 aliphatic rings. The Morgan fingerprint density at radius 3 is 1.41 bits per heavy atom. The van der Waals surface area contributed by atoms with Gasteiger partial charge < -0.3 is 28.5 Å². The number of carbonyl (C=O) groups excluding carboxylic acids is 2. The molecule has 10 heteroatoms. The molecule has 0 bridgehead atoms. The van der Waals surface area contributed by atoms with Crippen molar-refractivity contribution >= 4 is 19.7 Å². The fourth-order valence-electron chi connectivity index (χ4n) is 8.33. The molecule has 0 radical (unpaired) electrons. The molecule has 0 aromatic rings. The van der Waals surface area contributed by atoms with Crippen LogP contribution in [-0.2, 0) is 27.9 Å². The van der Waals surface area contributed by atoms with Gasteiger partial charge in [-0.15, -0.1) is 0 Å². The first kappa shape index (κ1) is 71.9. The second-order valence-corrected chi connectivity index (χ2v) is 22.9. The van der Waals surface area contributed by atoms with Crippen LogP contribution in [0, 0.1) is 0 Å². The Balaban J connectivity index is 5.28. The summed E-state index contributed by atoms with van der Waals surface area (Å²) in [6.07, 6.45) is 72.3. The number of allylic oxidation sites excluding steroid dienone is 15. The van der Waals surface area contributed by atoms with Crippen LogP contribution in [0.15, 0.2) is 97.2 Å². The van der Waals surface area contributed by atoms with Gasteiger partial charge in [0.25, 0.3) is 7.82 Å². The van der Waals surface area contributed by atoms with Crippen molar-refractivity contribution in [3.63, 3.8) is 0 Å². The van der Waals surface area contributed by atoms with Gasteiger partial charge in [-0.2, -0.15) is 0 Å². The third-order valence-electron chi connectivity index (χ3n) is 13.1. The van der Waals surface area contributed by atoms with Crippen molar-refractivity contribution in [3.05, 3.63) is 97.2 Å². The Hall–Kier alpha value is -3.07. The summed E-state index contributed by atoms with van der Waals surface area (Å²) >= 11 is 0. The van der Waals surface area contributed by atoms with Crippen LogP contribution in [0.5, 0.6) is 0 Å². The number of nitrogens with zero attached hydrogens (tertiary/aromatic N) is 1. The highest BCUT2D eigenvalue weighted by molar-refractivity contribution is 7.45. The van der Waals surface area contributed by atoms with Crippen LogP contribution in [0.25, 0.3) is 0 Å². The maximum atomic E-state index is 13.5. The number of phosphoric ester groups is 1. The molecule has 0 fully saturated rings. The summed E-state index contributed by atoms with van der Waals surface area (Å²) in [6.45, 7) is 6.65. The first-order valence-corrected chi connectivity index (χ1v) is 32.0. The third kappa shape index (κ3) is 55.5. The number of hydrogen-bond donors (Lipinski definition) is 1. The Bertz CT molecular complexity index is 1610. The van der Waals surface area contributed by atoms with Gasteiger partial charge in [0.1, 0.15) is 19.3 Å². The number of nitrogens with one attached hydrogen (secondary N) is 1. The number of quaternary nitrogens is 1. The summed E-state index contributed by atoms with van der Waals surface area (Å²) in [5.41, 5.74) is 0. The van der Waals surface area contributed by atoms with Crippen molar-refractivity contribution < 1.29 is 37.3 Å². The molecular weight excluding hydrogens is 952 g/mol. The molecule has 9 nitrogen and oxygen atoms in total. The average Bonchev–Trinajstić information content (AvgIpc) is 3.37. The van der Waals surface area contributed by atoms with Gasteiger partial charge in [0.2, 0.25) is 5.91 Å². The highest BCUT2D eigenvalue weighted by atomic mass is 31.2. The first-order valence-electron chi connectivity index (χ1n) is 30.6. The molecule has 0 heterocycles. The van der Waals surface area contributed by atoms with Crippen LogP contribution in [0.3, 0.4) is 0 Å². The standard InChI is InChI=1S/C65H115N2O7P/c1-7-10-13-16-19-22-25-28-29-30-31-32-33-34-35-36-37-40-43-46-49-52-55-58-65(69)74-63(56-53-50-47-44-41-38-26-23-20-17-14-11-8-2)62(61-73-75(70,71)72-60-59-67(4,5)6)66-64(68)57-54-51-48-45-42-39-27-24-21-18-15-12-9-3/h12,15,18-19,21-22,24,27-29,31-32,34-35,53,56,62-63H,7-11,13-14,16-17,20,23,25-26,30,33,36-52,54-55,57-61H2,1-6H3,(H-,66,68,70,71)/b15-12+,21-18+,22-19-,27-24-,29-28-,32-31-,35-34-,56-53-. The second kappa shape index (κ2) is 54.3. The normalized spacial score (nSPS) is 14.4. The largest absolute Gasteiger partial charge is 0.756 e. The molecule has 3 atom stereocenters.